The summed E-state index contributed by atoms with van der Waals surface area (Å²) in [5.41, 5.74) is 8.19. The number of nitrogens with two attached hydrogens (primary N) is 1. The minimum Gasteiger partial charge on any atom is -0.369 e. The van der Waals surface area contributed by atoms with Gasteiger partial charge in [-0.25, -0.2) is 9.79 Å². The monoisotopic (exact) mass is 319 g/mol. The van der Waals surface area contributed by atoms with E-state index in [1.54, 1.807) is 20.0 Å². The molecule has 0 radical (unpaired) electrons. The molecule has 3 N–H and O–H groups in total. The zero-order valence-corrected chi connectivity index (χ0v) is 13.4. The zero-order chi connectivity index (χ0) is 17.3. The molecule has 2 aromatic rings. The largest absolute Gasteiger partial charge is 0.369 e. The molecule has 0 saturated carbocycles. The van der Waals surface area contributed by atoms with Crippen LogP contribution in [0.3, 0.4) is 0 Å². The van der Waals surface area contributed by atoms with E-state index >= 15 is 0 Å². The van der Waals surface area contributed by atoms with E-state index in [1.165, 1.54) is 4.90 Å². The first-order valence-corrected chi connectivity index (χ1v) is 7.45. The fourth-order valence-corrected chi connectivity index (χ4v) is 2.63. The van der Waals surface area contributed by atoms with Crippen LogP contribution in [0.5, 0.6) is 0 Å². The minimum atomic E-state index is -0.934. The lowest BCUT2D eigenvalue weighted by atomic mass is 9.95. The van der Waals surface area contributed by atoms with Crippen molar-refractivity contribution in [3.8, 4) is 17.2 Å². The predicted octanol–water partition coefficient (Wildman–Crippen LogP) is 2.37. The fraction of sp³-hybridized carbons (Fsp3) is 0.167. The Kier molecular flexibility index (Phi) is 3.70. The van der Waals surface area contributed by atoms with E-state index in [2.05, 4.69) is 16.4 Å². The topological polar surface area (TPSA) is 94.5 Å². The number of amides is 2. The molecule has 6 heteroatoms. The molecular weight excluding hydrogens is 302 g/mol. The van der Waals surface area contributed by atoms with Gasteiger partial charge in [0.2, 0.25) is 5.96 Å². The van der Waals surface area contributed by atoms with Gasteiger partial charge in [-0.2, -0.15) is 5.26 Å². The van der Waals surface area contributed by atoms with E-state index in [9.17, 15) is 4.79 Å². The molecule has 1 unspecified atom stereocenters. The number of aliphatic imine (C=N–C) groups is 1. The zero-order valence-electron chi connectivity index (χ0n) is 13.4. The molecule has 1 heterocycles. The standard InChI is InChI=1S/C18H17N5O/c1-18(21-16(20)23(2)17(24)22-18)15-8-4-7-14(10-15)13-6-3-5-12(9-13)11-19/h3-10H,1-2H3,(H2,20,21)(H,22,24). The molecular formula is C18H17N5O. The Morgan fingerprint density at radius 3 is 2.54 bits per heavy atom. The highest BCUT2D eigenvalue weighted by Gasteiger charge is 2.35. The van der Waals surface area contributed by atoms with Crippen molar-refractivity contribution in [3.05, 3.63) is 59.7 Å². The highest BCUT2D eigenvalue weighted by atomic mass is 16.2. The van der Waals surface area contributed by atoms with Crippen molar-refractivity contribution in [2.45, 2.75) is 12.6 Å². The Morgan fingerprint density at radius 1 is 1.21 bits per heavy atom. The van der Waals surface area contributed by atoms with Gasteiger partial charge in [-0.3, -0.25) is 4.90 Å². The molecule has 2 amide bonds. The van der Waals surface area contributed by atoms with Crippen molar-refractivity contribution in [2.75, 3.05) is 7.05 Å². The van der Waals surface area contributed by atoms with E-state index < -0.39 is 5.66 Å². The Morgan fingerprint density at radius 2 is 1.88 bits per heavy atom. The number of rotatable bonds is 2. The predicted molar refractivity (Wildman–Crippen MR) is 91.9 cm³/mol. The van der Waals surface area contributed by atoms with Gasteiger partial charge < -0.3 is 11.1 Å². The number of carbonyl (C=O) groups excluding carboxylic acids is 1. The SMILES string of the molecule is CN1C(=O)NC(C)(c2cccc(-c3cccc(C#N)c3)c2)N=C1N. The number of hydrogen-bond acceptors (Lipinski definition) is 4. The Bertz CT molecular complexity index is 883. The molecule has 1 atom stereocenters. The van der Waals surface area contributed by atoms with E-state index in [0.717, 1.165) is 16.7 Å². The first-order valence-electron chi connectivity index (χ1n) is 7.45. The second kappa shape index (κ2) is 5.70. The van der Waals surface area contributed by atoms with E-state index in [-0.39, 0.29) is 12.0 Å². The third kappa shape index (κ3) is 2.68. The number of hydrogen-bond donors (Lipinski definition) is 2. The van der Waals surface area contributed by atoms with Gasteiger partial charge in [-0.1, -0.05) is 30.3 Å². The van der Waals surface area contributed by atoms with Crippen molar-refractivity contribution in [2.24, 2.45) is 10.7 Å². The van der Waals surface area contributed by atoms with Gasteiger partial charge >= 0.3 is 6.03 Å². The summed E-state index contributed by atoms with van der Waals surface area (Å²) < 4.78 is 0. The number of nitriles is 1. The maximum absolute atomic E-state index is 12.0. The van der Waals surface area contributed by atoms with Crippen LogP contribution < -0.4 is 11.1 Å². The van der Waals surface area contributed by atoms with E-state index in [1.807, 2.05) is 42.5 Å². The molecule has 24 heavy (non-hydrogen) atoms. The third-order valence-corrected chi connectivity index (χ3v) is 4.09. The number of nitrogens with one attached hydrogen (secondary N) is 1. The molecule has 120 valence electrons. The second-order valence-electron chi connectivity index (χ2n) is 5.80. The molecule has 0 saturated heterocycles. The molecule has 0 fully saturated rings. The van der Waals surface area contributed by atoms with Crippen LogP contribution in [0.25, 0.3) is 11.1 Å². The first-order chi connectivity index (χ1) is 11.4. The van der Waals surface area contributed by atoms with Crippen LogP contribution in [0.2, 0.25) is 0 Å². The Hall–Kier alpha value is -3.33. The van der Waals surface area contributed by atoms with E-state index in [4.69, 9.17) is 11.0 Å². The van der Waals surface area contributed by atoms with Gasteiger partial charge in [0.05, 0.1) is 11.6 Å². The summed E-state index contributed by atoms with van der Waals surface area (Å²) in [5.74, 6) is 0.165. The highest BCUT2D eigenvalue weighted by molar-refractivity contribution is 5.97. The van der Waals surface area contributed by atoms with Crippen LogP contribution in [0, 0.1) is 11.3 Å². The molecule has 1 aliphatic heterocycles. The first kappa shape index (κ1) is 15.6. The summed E-state index contributed by atoms with van der Waals surface area (Å²) in [4.78, 5) is 17.7. The van der Waals surface area contributed by atoms with Crippen molar-refractivity contribution in [1.82, 2.24) is 10.2 Å². The lowest BCUT2D eigenvalue weighted by molar-refractivity contribution is 0.206. The summed E-state index contributed by atoms with van der Waals surface area (Å²) in [6.45, 7) is 1.80. The number of carbonyl (C=O) groups is 1. The van der Waals surface area contributed by atoms with Crippen molar-refractivity contribution >= 4 is 12.0 Å². The average Bonchev–Trinajstić information content (AvgIpc) is 2.60. The lowest BCUT2D eigenvalue weighted by Gasteiger charge is -2.35. The Balaban J connectivity index is 2.05. The van der Waals surface area contributed by atoms with Gasteiger partial charge in [0, 0.05) is 12.6 Å². The van der Waals surface area contributed by atoms with Crippen LogP contribution in [0.4, 0.5) is 4.79 Å². The van der Waals surface area contributed by atoms with Crippen molar-refractivity contribution in [1.29, 1.82) is 5.26 Å². The van der Waals surface area contributed by atoms with Crippen LogP contribution in [0.15, 0.2) is 53.5 Å². The quantitative estimate of drug-likeness (QED) is 0.889. The van der Waals surface area contributed by atoms with E-state index in [0.29, 0.717) is 5.56 Å². The smallest absolute Gasteiger partial charge is 0.326 e. The second-order valence-corrected chi connectivity index (χ2v) is 5.80. The molecule has 1 aliphatic rings. The number of nitrogens with zero attached hydrogens (tertiary/aromatic N) is 3. The van der Waals surface area contributed by atoms with Crippen molar-refractivity contribution in [3.63, 3.8) is 0 Å². The molecule has 0 aliphatic carbocycles. The van der Waals surface area contributed by atoms with Gasteiger partial charge in [0.15, 0.2) is 5.66 Å². The van der Waals surface area contributed by atoms with Gasteiger partial charge in [-0.15, -0.1) is 0 Å². The number of benzene rings is 2. The number of urea groups is 1. The van der Waals surface area contributed by atoms with Crippen LogP contribution >= 0.6 is 0 Å². The van der Waals surface area contributed by atoms with Gasteiger partial charge in [0.1, 0.15) is 0 Å². The molecule has 6 nitrogen and oxygen atoms in total. The summed E-state index contributed by atoms with van der Waals surface area (Å²) >= 11 is 0. The lowest BCUT2D eigenvalue weighted by Crippen LogP contribution is -2.57. The Labute approximate surface area is 140 Å². The van der Waals surface area contributed by atoms with Gasteiger partial charge in [-0.05, 0) is 36.2 Å². The summed E-state index contributed by atoms with van der Waals surface area (Å²) in [5, 5.41) is 11.9. The van der Waals surface area contributed by atoms with Crippen LogP contribution in [-0.2, 0) is 5.66 Å². The van der Waals surface area contributed by atoms with Crippen LogP contribution in [-0.4, -0.2) is 23.9 Å². The maximum Gasteiger partial charge on any atom is 0.326 e. The molecule has 0 aromatic heterocycles. The summed E-state index contributed by atoms with van der Waals surface area (Å²) in [6.07, 6.45) is 0. The molecule has 0 bridgehead atoms. The van der Waals surface area contributed by atoms with Crippen molar-refractivity contribution < 1.29 is 4.79 Å². The molecule has 3 rings (SSSR count). The minimum absolute atomic E-state index is 0.165. The molecule has 0 spiro atoms. The highest BCUT2D eigenvalue weighted by Crippen LogP contribution is 2.29. The number of guanidine groups is 1. The summed E-state index contributed by atoms with van der Waals surface area (Å²) in [6, 6.07) is 16.9. The van der Waals surface area contributed by atoms with Crippen LogP contribution in [0.1, 0.15) is 18.1 Å². The normalized spacial score (nSPS) is 20.1. The fourth-order valence-electron chi connectivity index (χ4n) is 2.63. The molecule has 2 aromatic carbocycles. The summed E-state index contributed by atoms with van der Waals surface area (Å²) in [7, 11) is 1.57. The maximum atomic E-state index is 12.0. The third-order valence-electron chi connectivity index (χ3n) is 4.09. The average molecular weight is 319 g/mol. The van der Waals surface area contributed by atoms with Gasteiger partial charge in [0.25, 0.3) is 0 Å².